The molecular formula is C55H73MgN5O5-2. The Labute approximate surface area is 410 Å². The zero-order chi connectivity index (χ0) is 47.1. The van der Waals surface area contributed by atoms with Gasteiger partial charge in [0, 0.05) is 12.0 Å². The molecule has 0 aromatic carbocycles. The Morgan fingerprint density at radius 3 is 2.14 bits per heavy atom. The molecule has 3 aromatic heterocycles. The molecular weight excluding hydrogens is 835 g/mol. The van der Waals surface area contributed by atoms with E-state index in [0.29, 0.717) is 46.1 Å². The van der Waals surface area contributed by atoms with Gasteiger partial charge in [-0.1, -0.05) is 151 Å². The van der Waals surface area contributed by atoms with Crippen molar-refractivity contribution in [2.24, 2.45) is 41.2 Å². The van der Waals surface area contributed by atoms with E-state index in [1.54, 1.807) is 0 Å². The summed E-state index contributed by atoms with van der Waals surface area (Å²) in [5, 5.41) is 6.80. The third-order valence-corrected chi connectivity index (χ3v) is 14.2. The fourth-order valence-corrected chi connectivity index (χ4v) is 10.1. The maximum absolute atomic E-state index is 14.4. The van der Waals surface area contributed by atoms with Crippen LogP contribution in [0.1, 0.15) is 180 Å². The molecule has 1 fully saturated rings. The zero-order valence-corrected chi connectivity index (χ0v) is 43.0. The average Bonchev–Trinajstić information content (AvgIpc) is 4.00. The van der Waals surface area contributed by atoms with E-state index >= 15 is 0 Å². The van der Waals surface area contributed by atoms with E-state index < -0.39 is 17.7 Å². The molecule has 8 bridgehead atoms. The van der Waals surface area contributed by atoms with Gasteiger partial charge in [-0.25, -0.2) is 0 Å². The molecule has 10 nitrogen and oxygen atoms in total. The van der Waals surface area contributed by atoms with E-state index in [1.165, 1.54) is 50.5 Å². The molecule has 6 rings (SSSR count). The van der Waals surface area contributed by atoms with Crippen LogP contribution in [-0.4, -0.2) is 54.1 Å². The van der Waals surface area contributed by atoms with Gasteiger partial charge in [-0.2, -0.15) is 11.4 Å². The van der Waals surface area contributed by atoms with E-state index in [1.807, 2.05) is 44.2 Å². The van der Waals surface area contributed by atoms with Crippen molar-refractivity contribution in [2.45, 2.75) is 146 Å². The summed E-state index contributed by atoms with van der Waals surface area (Å²) in [7, 11) is 0. The van der Waals surface area contributed by atoms with Crippen LogP contribution in [0, 0.1) is 56.3 Å². The average molecular weight is 909 g/mol. The summed E-state index contributed by atoms with van der Waals surface area (Å²) >= 11 is 0. The standard InChI is InChI=1S/C55H74N5O5.Mg/c1-12-39-35(8)42-27-44-37(10)41(23-24-48(61)64-26-25-34(7)22-16-21-33(6)20-15-19-32(5)18-14-17-31(3)4)52(59-44)50-51(55(63)65-30-56)54(62)49-38(11)45(60-53(49)50)29-47-40(13-2)36(9)43(58-47)28-46(39)57-42;/h12,25,27-29,31-33,37,41,51H,1,13-24,26,30,56H2,2-11H3,(H-,59,60,62);/q-3;+2/p-1/b34-25+,43-28-,44-27-,47-29-;/t32-,33-,37+,41+,51-;/m1./s1. The molecule has 1 saturated heterocycles. The van der Waals surface area contributed by atoms with Crippen LogP contribution in [0.25, 0.3) is 35.2 Å². The predicted octanol–water partition coefficient (Wildman–Crippen LogP) is 9.65. The molecule has 0 saturated carbocycles. The number of carbonyl (C=O) groups is 3. The summed E-state index contributed by atoms with van der Waals surface area (Å²) in [6.45, 7) is 25.6. The summed E-state index contributed by atoms with van der Waals surface area (Å²) in [6.07, 6.45) is 22.2. The normalized spacial score (nSPS) is 21.5. The number of hydrogen-bond acceptors (Lipinski definition) is 6. The van der Waals surface area contributed by atoms with Crippen molar-refractivity contribution >= 4 is 70.7 Å². The monoisotopic (exact) mass is 908 g/mol. The first-order chi connectivity index (χ1) is 31.1. The molecule has 0 amide bonds. The number of ketones is 1. The van der Waals surface area contributed by atoms with Gasteiger partial charge in [-0.15, -0.1) is 33.5 Å². The van der Waals surface area contributed by atoms with Crippen LogP contribution >= 0.6 is 0 Å². The van der Waals surface area contributed by atoms with Crippen molar-refractivity contribution < 1.29 is 23.9 Å². The van der Waals surface area contributed by atoms with Crippen molar-refractivity contribution in [3.8, 4) is 0 Å². The number of esters is 2. The van der Waals surface area contributed by atoms with Gasteiger partial charge in [-0.3, -0.25) is 20.1 Å². The van der Waals surface area contributed by atoms with Crippen LogP contribution in [0.15, 0.2) is 29.6 Å². The summed E-state index contributed by atoms with van der Waals surface area (Å²) in [4.78, 5) is 56.8. The summed E-state index contributed by atoms with van der Waals surface area (Å²) in [5.74, 6) is -1.01. The van der Waals surface area contributed by atoms with Gasteiger partial charge in [0.15, 0.2) is 5.78 Å². The SMILES string of the molecule is C=Cc1c2[n-]c(c1C)/C=C1\[N-]/C(=C3\c4[n-]c(c(C)c4C(=O)[C@@H]3C(=O)OCN)/C=c3\[n-]/c(c(C)c3CC)=C\2)[C@@H](CCC(=O)OC/C=C(\C)CCC[C@H](C)CCC[C@H](C)CCCC(C)C)[C@@H]1C.[Mg+2]. The maximum atomic E-state index is 14.4. The third-order valence-electron chi connectivity index (χ3n) is 14.2. The van der Waals surface area contributed by atoms with E-state index in [4.69, 9.17) is 35.5 Å². The number of allylic oxidation sites excluding steroid dienone is 3. The predicted molar refractivity (Wildman–Crippen MR) is 268 cm³/mol. The smallest absolute Gasteiger partial charge is 0.664 e. The summed E-state index contributed by atoms with van der Waals surface area (Å²) in [6, 6.07) is 0. The van der Waals surface area contributed by atoms with Crippen LogP contribution in [0.4, 0.5) is 0 Å². The third kappa shape index (κ3) is 11.8. The molecule has 5 atom stereocenters. The Bertz CT molecular complexity index is 2480. The first-order valence-corrected chi connectivity index (χ1v) is 24.3. The first-order valence-electron chi connectivity index (χ1n) is 24.3. The number of carbonyl (C=O) groups excluding carboxylic acids is 3. The number of fused-ring (bicyclic) bond motifs is 7. The molecule has 3 aliphatic rings. The van der Waals surface area contributed by atoms with Crippen molar-refractivity contribution in [3.63, 3.8) is 0 Å². The number of Topliss-reactive ketones (excluding diaryl/α,β-unsaturated/α-hetero) is 1. The molecule has 66 heavy (non-hydrogen) atoms. The number of nitrogens with zero attached hydrogens (tertiary/aromatic N) is 4. The van der Waals surface area contributed by atoms with E-state index in [0.717, 1.165) is 81.1 Å². The molecule has 0 radical (unpaired) electrons. The molecule has 0 spiro atoms. The molecule has 5 heterocycles. The van der Waals surface area contributed by atoms with Gasteiger partial charge in [0.25, 0.3) is 0 Å². The Balaban J connectivity index is 0.00000817. The molecule has 11 heteroatoms. The van der Waals surface area contributed by atoms with E-state index in [9.17, 15) is 14.4 Å². The van der Waals surface area contributed by atoms with Crippen LogP contribution in [0.3, 0.4) is 0 Å². The van der Waals surface area contributed by atoms with Crippen molar-refractivity contribution in [3.05, 3.63) is 102 Å². The Morgan fingerprint density at radius 1 is 0.833 bits per heavy atom. The van der Waals surface area contributed by atoms with Crippen LogP contribution in [0.5, 0.6) is 0 Å². The fraction of sp³-hybridized carbons (Fsp3) is 0.545. The number of rotatable bonds is 21. The van der Waals surface area contributed by atoms with Gasteiger partial charge in [0.05, 0.1) is 0 Å². The second-order valence-electron chi connectivity index (χ2n) is 19.5. The summed E-state index contributed by atoms with van der Waals surface area (Å²) in [5.41, 5.74) is 16.1. The van der Waals surface area contributed by atoms with Gasteiger partial charge in [0.2, 0.25) is 0 Å². The second kappa shape index (κ2) is 23.6. The quantitative estimate of drug-likeness (QED) is 0.0362. The van der Waals surface area contributed by atoms with E-state index in [2.05, 4.69) is 62.0 Å². The number of aromatic nitrogens is 3. The van der Waals surface area contributed by atoms with Gasteiger partial charge in [-0.05, 0) is 94.6 Å². The topological polar surface area (TPSA) is 152 Å². The minimum absolute atomic E-state index is 0. The Kier molecular flexibility index (Phi) is 18.8. The van der Waals surface area contributed by atoms with Crippen molar-refractivity contribution in [2.75, 3.05) is 13.3 Å². The summed E-state index contributed by atoms with van der Waals surface area (Å²) < 4.78 is 11.1. The molecule has 2 aliphatic heterocycles. The van der Waals surface area contributed by atoms with E-state index in [-0.39, 0.29) is 60.6 Å². The minimum atomic E-state index is -1.30. The van der Waals surface area contributed by atoms with Gasteiger partial charge >= 0.3 is 35.0 Å². The molecule has 352 valence electrons. The zero-order valence-electron chi connectivity index (χ0n) is 41.6. The van der Waals surface area contributed by atoms with Gasteiger partial charge < -0.3 is 29.7 Å². The van der Waals surface area contributed by atoms with Crippen LogP contribution < -0.4 is 31.4 Å². The molecule has 3 aromatic rings. The maximum Gasteiger partial charge on any atom is 2.00 e. The van der Waals surface area contributed by atoms with Crippen molar-refractivity contribution in [1.29, 1.82) is 0 Å². The Hall–Kier alpha value is -4.32. The first kappa shape index (κ1) is 52.6. The number of hydrogen-bond donors (Lipinski definition) is 1. The fourth-order valence-electron chi connectivity index (χ4n) is 10.1. The van der Waals surface area contributed by atoms with Crippen LogP contribution in [0.2, 0.25) is 0 Å². The molecule has 0 unspecified atom stereocenters. The number of ether oxygens (including phenoxy) is 2. The molecule has 2 N–H and O–H groups in total. The van der Waals surface area contributed by atoms with Crippen LogP contribution in [-0.2, 0) is 25.5 Å². The van der Waals surface area contributed by atoms with Gasteiger partial charge in [0.1, 0.15) is 19.3 Å². The number of nitrogens with two attached hydrogens (primary N) is 1. The van der Waals surface area contributed by atoms with Crippen molar-refractivity contribution in [1.82, 2.24) is 15.0 Å². The molecule has 1 aliphatic carbocycles. The second-order valence-corrected chi connectivity index (χ2v) is 19.5. The minimum Gasteiger partial charge on any atom is -0.664 e. The Morgan fingerprint density at radius 2 is 1.48 bits per heavy atom. The largest absolute Gasteiger partial charge is 2.00 e.